The fourth-order valence-electron chi connectivity index (χ4n) is 2.88. The number of aliphatic hydroxyl groups is 1. The molecule has 0 aliphatic heterocycles. The number of benzene rings is 2. The van der Waals surface area contributed by atoms with E-state index in [1.807, 2.05) is 13.0 Å². The standard InChI is InChI=1S/C19H21NO7/c1-11-4-3-5-12(8-11)9-19(26,10-15(22)18(25)20(2)27)13-6-7-14(21)17(24)16(13)23/h3-8,21,23-24,26-27H,9-10H2,1-2H3/t19-/m1/s1. The summed E-state index contributed by atoms with van der Waals surface area (Å²) in [4.78, 5) is 23.9. The van der Waals surface area contributed by atoms with Crippen molar-refractivity contribution in [3.05, 3.63) is 53.1 Å². The Balaban J connectivity index is 2.52. The van der Waals surface area contributed by atoms with Crippen LogP contribution in [0.15, 0.2) is 36.4 Å². The second-order valence-electron chi connectivity index (χ2n) is 6.46. The van der Waals surface area contributed by atoms with Gasteiger partial charge in [-0.15, -0.1) is 0 Å². The fraction of sp³-hybridized carbons (Fsp3) is 0.263. The predicted molar refractivity (Wildman–Crippen MR) is 94.4 cm³/mol. The minimum Gasteiger partial charge on any atom is -0.504 e. The molecule has 0 aromatic heterocycles. The Bertz CT molecular complexity index is 878. The lowest BCUT2D eigenvalue weighted by Gasteiger charge is -2.29. The summed E-state index contributed by atoms with van der Waals surface area (Å²) in [5, 5.41) is 49.9. The number of carbonyl (C=O) groups is 2. The first-order valence-electron chi connectivity index (χ1n) is 8.07. The second-order valence-corrected chi connectivity index (χ2v) is 6.46. The molecular formula is C19H21NO7. The minimum atomic E-state index is -2.08. The third-order valence-electron chi connectivity index (χ3n) is 4.20. The van der Waals surface area contributed by atoms with Gasteiger partial charge in [0, 0.05) is 25.5 Å². The van der Waals surface area contributed by atoms with Crippen LogP contribution in [0, 0.1) is 6.92 Å². The summed E-state index contributed by atoms with van der Waals surface area (Å²) < 4.78 is 0. The Labute approximate surface area is 155 Å². The van der Waals surface area contributed by atoms with E-state index in [4.69, 9.17) is 0 Å². The monoisotopic (exact) mass is 375 g/mol. The maximum atomic E-state index is 12.2. The molecule has 0 radical (unpaired) electrons. The van der Waals surface area contributed by atoms with Gasteiger partial charge in [-0.3, -0.25) is 14.8 Å². The Morgan fingerprint density at radius 1 is 1.07 bits per heavy atom. The summed E-state index contributed by atoms with van der Waals surface area (Å²) in [6.07, 6.45) is -0.928. The van der Waals surface area contributed by atoms with Crippen molar-refractivity contribution < 1.29 is 35.2 Å². The third kappa shape index (κ3) is 4.36. The van der Waals surface area contributed by atoms with Crippen molar-refractivity contribution in [3.63, 3.8) is 0 Å². The summed E-state index contributed by atoms with van der Waals surface area (Å²) in [7, 11) is 0.976. The molecule has 0 spiro atoms. The average molecular weight is 375 g/mol. The highest BCUT2D eigenvalue weighted by atomic mass is 16.5. The maximum absolute atomic E-state index is 12.2. The summed E-state index contributed by atoms with van der Waals surface area (Å²) in [6, 6.07) is 9.23. The number of ketones is 1. The summed E-state index contributed by atoms with van der Waals surface area (Å²) in [5.74, 6) is -4.59. The van der Waals surface area contributed by atoms with Gasteiger partial charge in [0.2, 0.25) is 11.5 Å². The number of amides is 1. The molecule has 27 heavy (non-hydrogen) atoms. The predicted octanol–water partition coefficient (Wildman–Crippen LogP) is 1.35. The van der Waals surface area contributed by atoms with Crippen LogP contribution >= 0.6 is 0 Å². The zero-order valence-corrected chi connectivity index (χ0v) is 14.9. The van der Waals surface area contributed by atoms with Crippen molar-refractivity contribution in [2.75, 3.05) is 7.05 Å². The van der Waals surface area contributed by atoms with Crippen LogP contribution in [-0.2, 0) is 21.6 Å². The molecule has 144 valence electrons. The number of phenolic OH excluding ortho intramolecular Hbond substituents is 3. The number of rotatable bonds is 6. The molecule has 2 aromatic rings. The first kappa shape index (κ1) is 20.2. The number of aromatic hydroxyl groups is 3. The number of Topliss-reactive ketones (excluding diaryl/α,β-unsaturated/α-hetero) is 1. The molecular weight excluding hydrogens is 354 g/mol. The quantitative estimate of drug-likeness (QED) is 0.222. The van der Waals surface area contributed by atoms with E-state index in [2.05, 4.69) is 0 Å². The fourth-order valence-corrected chi connectivity index (χ4v) is 2.88. The lowest BCUT2D eigenvalue weighted by Crippen LogP contribution is -2.38. The number of carbonyl (C=O) groups excluding carboxylic acids is 2. The molecule has 0 aliphatic rings. The minimum absolute atomic E-state index is 0.101. The van der Waals surface area contributed by atoms with Gasteiger partial charge in [-0.2, -0.15) is 0 Å². The van der Waals surface area contributed by atoms with E-state index in [0.29, 0.717) is 5.56 Å². The molecule has 0 bridgehead atoms. The highest BCUT2D eigenvalue weighted by Crippen LogP contribution is 2.44. The number of hydrogen-bond acceptors (Lipinski definition) is 7. The van der Waals surface area contributed by atoms with E-state index >= 15 is 0 Å². The van der Waals surface area contributed by atoms with Crippen molar-refractivity contribution in [1.29, 1.82) is 0 Å². The van der Waals surface area contributed by atoms with Gasteiger partial charge >= 0.3 is 5.91 Å². The van der Waals surface area contributed by atoms with Crippen molar-refractivity contribution in [3.8, 4) is 17.2 Å². The van der Waals surface area contributed by atoms with Crippen molar-refractivity contribution >= 4 is 11.7 Å². The number of nitrogens with zero attached hydrogens (tertiary/aromatic N) is 1. The van der Waals surface area contributed by atoms with Gasteiger partial charge in [0.25, 0.3) is 0 Å². The Morgan fingerprint density at radius 3 is 2.33 bits per heavy atom. The van der Waals surface area contributed by atoms with Gasteiger partial charge in [-0.25, -0.2) is 5.06 Å². The molecule has 2 aromatic carbocycles. The second kappa shape index (κ2) is 7.65. The van der Waals surface area contributed by atoms with Crippen LogP contribution in [0.25, 0.3) is 0 Å². The van der Waals surface area contributed by atoms with E-state index in [1.54, 1.807) is 18.2 Å². The Morgan fingerprint density at radius 2 is 1.74 bits per heavy atom. The van der Waals surface area contributed by atoms with Crippen LogP contribution in [0.1, 0.15) is 23.1 Å². The number of hydroxylamine groups is 2. The van der Waals surface area contributed by atoms with E-state index in [0.717, 1.165) is 24.7 Å². The van der Waals surface area contributed by atoms with E-state index in [1.165, 1.54) is 0 Å². The zero-order chi connectivity index (χ0) is 20.4. The summed E-state index contributed by atoms with van der Waals surface area (Å²) >= 11 is 0. The lowest BCUT2D eigenvalue weighted by atomic mass is 9.82. The normalized spacial score (nSPS) is 13.0. The largest absolute Gasteiger partial charge is 0.504 e. The molecule has 0 saturated heterocycles. The highest BCUT2D eigenvalue weighted by Gasteiger charge is 2.38. The molecule has 0 aliphatic carbocycles. The van der Waals surface area contributed by atoms with Gasteiger partial charge in [0.05, 0.1) is 0 Å². The van der Waals surface area contributed by atoms with E-state index < -0.39 is 41.0 Å². The zero-order valence-electron chi connectivity index (χ0n) is 14.9. The number of likely N-dealkylation sites (N-methyl/N-ethyl adjacent to an activating group) is 1. The highest BCUT2D eigenvalue weighted by molar-refractivity contribution is 6.35. The van der Waals surface area contributed by atoms with Crippen LogP contribution in [0.5, 0.6) is 17.2 Å². The van der Waals surface area contributed by atoms with Gasteiger partial charge in [-0.05, 0) is 24.6 Å². The van der Waals surface area contributed by atoms with E-state index in [9.17, 15) is 35.2 Å². The molecule has 1 atom stereocenters. The summed E-state index contributed by atoms with van der Waals surface area (Å²) in [5.41, 5.74) is -0.806. The van der Waals surface area contributed by atoms with Crippen LogP contribution in [0.4, 0.5) is 0 Å². The van der Waals surface area contributed by atoms with Gasteiger partial charge < -0.3 is 20.4 Å². The molecule has 5 N–H and O–H groups in total. The lowest BCUT2D eigenvalue weighted by molar-refractivity contribution is -0.167. The average Bonchev–Trinajstić information content (AvgIpc) is 2.58. The first-order chi connectivity index (χ1) is 12.5. The van der Waals surface area contributed by atoms with Crippen LogP contribution < -0.4 is 0 Å². The van der Waals surface area contributed by atoms with Gasteiger partial charge in [0.1, 0.15) is 5.60 Å². The van der Waals surface area contributed by atoms with Crippen molar-refractivity contribution in [1.82, 2.24) is 5.06 Å². The van der Waals surface area contributed by atoms with Crippen LogP contribution in [0.3, 0.4) is 0 Å². The molecule has 8 heteroatoms. The topological polar surface area (TPSA) is 139 Å². The molecule has 2 rings (SSSR count). The maximum Gasteiger partial charge on any atom is 0.313 e. The van der Waals surface area contributed by atoms with Crippen molar-refractivity contribution in [2.24, 2.45) is 0 Å². The number of aryl methyl sites for hydroxylation is 1. The molecule has 1 amide bonds. The number of hydrogen-bond donors (Lipinski definition) is 5. The third-order valence-corrected chi connectivity index (χ3v) is 4.20. The Kier molecular flexibility index (Phi) is 5.72. The van der Waals surface area contributed by atoms with E-state index in [-0.39, 0.29) is 17.0 Å². The molecule has 0 saturated carbocycles. The van der Waals surface area contributed by atoms with Gasteiger partial charge in [0.15, 0.2) is 11.5 Å². The molecule has 0 unspecified atom stereocenters. The molecule has 0 heterocycles. The molecule has 8 nitrogen and oxygen atoms in total. The van der Waals surface area contributed by atoms with Crippen LogP contribution in [-0.4, -0.2) is 49.4 Å². The number of phenols is 3. The van der Waals surface area contributed by atoms with Crippen LogP contribution in [0.2, 0.25) is 0 Å². The SMILES string of the molecule is Cc1cccc(C[C@@](O)(CC(=O)C(=O)N(C)O)c2ccc(O)c(O)c2O)c1. The summed E-state index contributed by atoms with van der Waals surface area (Å²) in [6.45, 7) is 1.84. The first-order valence-corrected chi connectivity index (χ1v) is 8.07. The van der Waals surface area contributed by atoms with Gasteiger partial charge in [-0.1, -0.05) is 29.8 Å². The molecule has 0 fully saturated rings. The van der Waals surface area contributed by atoms with Crippen molar-refractivity contribution in [2.45, 2.75) is 25.4 Å². The smallest absolute Gasteiger partial charge is 0.313 e. The Hall–Kier alpha value is -3.10.